The molecule has 3 heteroatoms. The molecule has 1 unspecified atom stereocenters. The maximum atomic E-state index is 10.7. The number of phenolic OH excluding ortho intramolecular Hbond substituents is 1. The number of ether oxygens (including phenoxy) is 1. The summed E-state index contributed by atoms with van der Waals surface area (Å²) in [6.45, 7) is 4.42. The standard InChI is InChI=1S/C25H27NO2/c1-3-25(28-2)16-18(26-11-7-4-8-12-26)13-17-14-21-19-9-5-6-10-20(19)23(27)15-22(21)24(17)25/h5-6,9-10,13-16,27H,3-4,7-8,11-12H2,1-2H3. The topological polar surface area (TPSA) is 32.7 Å². The molecule has 0 radical (unpaired) electrons. The number of fused-ring (bicyclic) bond motifs is 4. The number of hydrogen-bond acceptors (Lipinski definition) is 3. The molecule has 2 aromatic rings. The lowest BCUT2D eigenvalue weighted by Crippen LogP contribution is -2.40. The molecule has 1 fully saturated rings. The molecule has 3 aliphatic rings. The van der Waals surface area contributed by atoms with Crippen molar-refractivity contribution in [3.05, 3.63) is 64.2 Å². The third-order valence-corrected chi connectivity index (χ3v) is 6.64. The van der Waals surface area contributed by atoms with Gasteiger partial charge in [-0.15, -0.1) is 0 Å². The summed E-state index contributed by atoms with van der Waals surface area (Å²) in [5.74, 6) is 0.336. The summed E-state index contributed by atoms with van der Waals surface area (Å²) < 4.78 is 6.19. The van der Waals surface area contributed by atoms with Gasteiger partial charge in [0.15, 0.2) is 0 Å². The maximum absolute atomic E-state index is 10.7. The molecular formula is C25H27NO2. The zero-order chi connectivity index (χ0) is 19.3. The van der Waals surface area contributed by atoms with Crippen LogP contribution >= 0.6 is 0 Å². The van der Waals surface area contributed by atoms with Crippen LogP contribution in [0.3, 0.4) is 0 Å². The van der Waals surface area contributed by atoms with Crippen molar-refractivity contribution in [2.75, 3.05) is 20.2 Å². The molecule has 144 valence electrons. The van der Waals surface area contributed by atoms with Crippen LogP contribution in [0.15, 0.2) is 53.8 Å². The first-order valence-corrected chi connectivity index (χ1v) is 10.4. The van der Waals surface area contributed by atoms with Crippen molar-refractivity contribution < 1.29 is 9.84 Å². The second kappa shape index (κ2) is 6.52. The van der Waals surface area contributed by atoms with E-state index < -0.39 is 5.60 Å². The summed E-state index contributed by atoms with van der Waals surface area (Å²) in [5.41, 5.74) is 3.22. The molecule has 3 nitrogen and oxygen atoms in total. The van der Waals surface area contributed by atoms with Gasteiger partial charge in [0, 0.05) is 36.9 Å². The highest BCUT2D eigenvalue weighted by molar-refractivity contribution is 5.97. The fourth-order valence-electron chi connectivity index (χ4n) is 5.14. The number of benzene rings is 2. The van der Waals surface area contributed by atoms with Gasteiger partial charge in [-0.3, -0.25) is 0 Å². The number of methoxy groups -OCH3 is 1. The normalized spacial score (nSPS) is 23.8. The summed E-state index contributed by atoms with van der Waals surface area (Å²) in [6.07, 6.45) is 11.6. The third kappa shape index (κ3) is 2.46. The highest BCUT2D eigenvalue weighted by Gasteiger charge is 2.38. The Balaban J connectivity index is 1.80. The number of likely N-dealkylation sites (tertiary alicyclic amines) is 1. The Bertz CT molecular complexity index is 1130. The second-order valence-corrected chi connectivity index (χ2v) is 8.09. The molecule has 5 rings (SSSR count). The van der Waals surface area contributed by atoms with Gasteiger partial charge >= 0.3 is 0 Å². The Labute approximate surface area is 165 Å². The van der Waals surface area contributed by atoms with Crippen LogP contribution in [0.1, 0.15) is 32.6 Å². The van der Waals surface area contributed by atoms with E-state index in [1.54, 1.807) is 0 Å². The van der Waals surface area contributed by atoms with E-state index in [-0.39, 0.29) is 0 Å². The van der Waals surface area contributed by atoms with Gasteiger partial charge in [-0.25, -0.2) is 0 Å². The smallest absolute Gasteiger partial charge is 0.124 e. The van der Waals surface area contributed by atoms with Crippen molar-refractivity contribution in [3.63, 3.8) is 0 Å². The molecule has 2 aliphatic carbocycles. The summed E-state index contributed by atoms with van der Waals surface area (Å²) in [5, 5.41) is 15.0. The summed E-state index contributed by atoms with van der Waals surface area (Å²) in [4.78, 5) is 2.50. The van der Waals surface area contributed by atoms with Crippen molar-refractivity contribution in [2.24, 2.45) is 0 Å². The molecule has 1 heterocycles. The Morgan fingerprint density at radius 3 is 2.54 bits per heavy atom. The molecule has 1 N–H and O–H groups in total. The highest BCUT2D eigenvalue weighted by atomic mass is 16.5. The summed E-state index contributed by atoms with van der Waals surface area (Å²) >= 11 is 0. The van der Waals surface area contributed by atoms with E-state index in [0.717, 1.165) is 35.5 Å². The number of nitrogens with zero attached hydrogens (tertiary/aromatic N) is 1. The van der Waals surface area contributed by atoms with Crippen molar-refractivity contribution in [2.45, 2.75) is 38.2 Å². The van der Waals surface area contributed by atoms with Gasteiger partial charge in [-0.05, 0) is 71.4 Å². The Morgan fingerprint density at radius 2 is 1.82 bits per heavy atom. The van der Waals surface area contributed by atoms with Gasteiger partial charge in [0.1, 0.15) is 11.4 Å². The zero-order valence-electron chi connectivity index (χ0n) is 16.7. The van der Waals surface area contributed by atoms with Gasteiger partial charge < -0.3 is 14.7 Å². The van der Waals surface area contributed by atoms with E-state index in [2.05, 4.69) is 36.1 Å². The average molecular weight is 373 g/mol. The molecule has 0 aromatic heterocycles. The predicted octanol–water partition coefficient (Wildman–Crippen LogP) is 3.60. The van der Waals surface area contributed by atoms with E-state index in [1.807, 2.05) is 31.4 Å². The molecule has 0 saturated carbocycles. The van der Waals surface area contributed by atoms with Crippen LogP contribution < -0.4 is 10.4 Å². The Morgan fingerprint density at radius 1 is 1.07 bits per heavy atom. The van der Waals surface area contributed by atoms with Crippen molar-refractivity contribution in [3.8, 4) is 5.75 Å². The van der Waals surface area contributed by atoms with Crippen molar-refractivity contribution in [1.82, 2.24) is 4.90 Å². The molecule has 0 spiro atoms. The molecule has 1 aliphatic heterocycles. The monoisotopic (exact) mass is 373 g/mol. The van der Waals surface area contributed by atoms with E-state index in [9.17, 15) is 5.11 Å². The molecule has 1 saturated heterocycles. The fourth-order valence-corrected chi connectivity index (χ4v) is 5.14. The number of aromatic hydroxyl groups is 1. The first-order valence-electron chi connectivity index (χ1n) is 10.4. The largest absolute Gasteiger partial charge is 0.507 e. The maximum Gasteiger partial charge on any atom is 0.124 e. The molecule has 28 heavy (non-hydrogen) atoms. The van der Waals surface area contributed by atoms with Gasteiger partial charge in [-0.2, -0.15) is 0 Å². The molecule has 0 bridgehead atoms. The predicted molar refractivity (Wildman–Crippen MR) is 114 cm³/mol. The average Bonchev–Trinajstić information content (AvgIpc) is 3.13. The lowest BCUT2D eigenvalue weighted by molar-refractivity contribution is 0.0759. The van der Waals surface area contributed by atoms with Crippen LogP contribution in [-0.4, -0.2) is 35.8 Å². The SMILES string of the molecule is CCC1(OC)C=C(N2CCCCC2)C=C2C=c3c(cc(O)c4ccccc34)=C21. The van der Waals surface area contributed by atoms with Crippen LogP contribution in [0.2, 0.25) is 0 Å². The van der Waals surface area contributed by atoms with Crippen LogP contribution in [0.5, 0.6) is 5.75 Å². The van der Waals surface area contributed by atoms with Crippen LogP contribution in [0, 0.1) is 0 Å². The van der Waals surface area contributed by atoms with E-state index in [4.69, 9.17) is 4.74 Å². The minimum absolute atomic E-state index is 0.336. The van der Waals surface area contributed by atoms with Gasteiger partial charge in [0.2, 0.25) is 0 Å². The van der Waals surface area contributed by atoms with E-state index >= 15 is 0 Å². The van der Waals surface area contributed by atoms with Gasteiger partial charge in [-0.1, -0.05) is 31.2 Å². The van der Waals surface area contributed by atoms with Crippen molar-refractivity contribution in [1.29, 1.82) is 0 Å². The number of allylic oxidation sites excluding steroid dienone is 1. The number of piperidine rings is 1. The number of hydrogen-bond donors (Lipinski definition) is 1. The number of phenols is 1. The van der Waals surface area contributed by atoms with Gasteiger partial charge in [0.05, 0.1) is 0 Å². The first-order chi connectivity index (χ1) is 13.7. The van der Waals surface area contributed by atoms with E-state index in [1.165, 1.54) is 41.3 Å². The zero-order valence-corrected chi connectivity index (χ0v) is 16.7. The van der Waals surface area contributed by atoms with Crippen LogP contribution in [0.25, 0.3) is 22.4 Å². The highest BCUT2D eigenvalue weighted by Crippen LogP contribution is 2.41. The van der Waals surface area contributed by atoms with Crippen molar-refractivity contribution >= 4 is 22.4 Å². The third-order valence-electron chi connectivity index (χ3n) is 6.64. The summed E-state index contributed by atoms with van der Waals surface area (Å²) in [7, 11) is 1.81. The molecule has 0 amide bonds. The second-order valence-electron chi connectivity index (χ2n) is 8.09. The quantitative estimate of drug-likeness (QED) is 0.892. The Hall–Kier alpha value is -2.52. The van der Waals surface area contributed by atoms with E-state index in [0.29, 0.717) is 5.75 Å². The fraction of sp³-hybridized carbons (Fsp3) is 0.360. The first kappa shape index (κ1) is 17.6. The minimum atomic E-state index is -0.465. The molecule has 1 atom stereocenters. The lowest BCUT2D eigenvalue weighted by Gasteiger charge is -2.39. The molecular weight excluding hydrogens is 346 g/mol. The van der Waals surface area contributed by atoms with Crippen LogP contribution in [-0.2, 0) is 4.74 Å². The lowest BCUT2D eigenvalue weighted by atomic mass is 9.81. The van der Waals surface area contributed by atoms with Gasteiger partial charge in [0.25, 0.3) is 0 Å². The minimum Gasteiger partial charge on any atom is -0.507 e. The summed E-state index contributed by atoms with van der Waals surface area (Å²) in [6, 6.07) is 10.0. The Kier molecular flexibility index (Phi) is 4.09. The molecule has 2 aromatic carbocycles. The number of rotatable bonds is 3. The van der Waals surface area contributed by atoms with Crippen LogP contribution in [0.4, 0.5) is 0 Å².